The molecule has 0 amide bonds. The lowest BCUT2D eigenvalue weighted by Gasteiger charge is -2.03. The molecule has 0 fully saturated rings. The number of hydrogen-bond donors (Lipinski definition) is 1. The summed E-state index contributed by atoms with van der Waals surface area (Å²) in [6.45, 7) is 5.29. The van der Waals surface area contributed by atoms with E-state index in [9.17, 15) is 13.0 Å². The molecule has 0 bridgehead atoms. The first-order chi connectivity index (χ1) is 23.7. The third-order valence-corrected chi connectivity index (χ3v) is 11.8. The summed E-state index contributed by atoms with van der Waals surface area (Å²) in [6, 6.07) is 20.1. The molecule has 8 aromatic rings. The standard InChI is InChI=1S/C37H32N4O5S3/c1-23-10-14-25(15-11-23)21-40-32-34(45-29-18-19-47-36(29)32)27(38-40)8-6-4-3-5-7-9-28-35-33(37-30(46-35)20-31(48-37)49(42,43)44)41(39-28)22-26-16-12-24(2)13-17-26/h6-20H,3-5,21-22H2,1-2H3,(H,42,43,44)/b8-6+,9-7+. The molecule has 0 saturated heterocycles. The lowest BCUT2D eigenvalue weighted by atomic mass is 10.1. The van der Waals surface area contributed by atoms with Crippen molar-refractivity contribution in [2.45, 2.75) is 50.4 Å². The maximum absolute atomic E-state index is 11.8. The molecule has 1 N–H and O–H groups in total. The first-order valence-corrected chi connectivity index (χ1v) is 19.1. The topological polar surface area (TPSA) is 116 Å². The van der Waals surface area contributed by atoms with Crippen LogP contribution in [0.3, 0.4) is 0 Å². The molecule has 0 saturated carbocycles. The lowest BCUT2D eigenvalue weighted by Crippen LogP contribution is -2.01. The molecular formula is C37H32N4O5S3. The van der Waals surface area contributed by atoms with E-state index in [2.05, 4.69) is 73.7 Å². The molecule has 6 aromatic heterocycles. The lowest BCUT2D eigenvalue weighted by molar-refractivity contribution is 0.485. The van der Waals surface area contributed by atoms with Gasteiger partial charge in [-0.05, 0) is 67.8 Å². The Morgan fingerprint density at radius 1 is 0.755 bits per heavy atom. The van der Waals surface area contributed by atoms with Crippen molar-refractivity contribution in [2.75, 3.05) is 0 Å². The highest BCUT2D eigenvalue weighted by Crippen LogP contribution is 2.39. The first kappa shape index (κ1) is 31.5. The molecule has 0 aliphatic rings. The number of aryl methyl sites for hydroxylation is 2. The zero-order chi connectivity index (χ0) is 33.7. The summed E-state index contributed by atoms with van der Waals surface area (Å²) in [7, 11) is -4.34. The van der Waals surface area contributed by atoms with Crippen LogP contribution >= 0.6 is 22.7 Å². The van der Waals surface area contributed by atoms with Crippen molar-refractivity contribution in [1.82, 2.24) is 19.6 Å². The molecule has 6 heterocycles. The van der Waals surface area contributed by atoms with Crippen LogP contribution in [0.15, 0.2) is 91.2 Å². The van der Waals surface area contributed by atoms with Crippen LogP contribution in [0.2, 0.25) is 0 Å². The van der Waals surface area contributed by atoms with E-state index in [4.69, 9.17) is 19.0 Å². The molecule has 9 nitrogen and oxygen atoms in total. The van der Waals surface area contributed by atoms with Crippen molar-refractivity contribution >= 4 is 87.7 Å². The largest absolute Gasteiger partial charge is 0.451 e. The van der Waals surface area contributed by atoms with Gasteiger partial charge in [-0.15, -0.1) is 22.7 Å². The van der Waals surface area contributed by atoms with E-state index in [0.29, 0.717) is 40.2 Å². The minimum absolute atomic E-state index is 0.151. The zero-order valence-corrected chi connectivity index (χ0v) is 29.2. The minimum Gasteiger partial charge on any atom is -0.451 e. The third kappa shape index (κ3) is 6.17. The van der Waals surface area contributed by atoms with Crippen LogP contribution < -0.4 is 0 Å². The molecule has 0 radical (unpaired) electrons. The van der Waals surface area contributed by atoms with Gasteiger partial charge in [0, 0.05) is 6.07 Å². The van der Waals surface area contributed by atoms with Gasteiger partial charge in [-0.2, -0.15) is 18.6 Å². The number of rotatable bonds is 11. The van der Waals surface area contributed by atoms with E-state index in [0.717, 1.165) is 68.8 Å². The van der Waals surface area contributed by atoms with Gasteiger partial charge in [0.2, 0.25) is 0 Å². The predicted octanol–water partition coefficient (Wildman–Crippen LogP) is 9.86. The molecule has 0 unspecified atom stereocenters. The summed E-state index contributed by atoms with van der Waals surface area (Å²) in [5.74, 6) is 0. The Kier molecular flexibility index (Phi) is 8.11. The van der Waals surface area contributed by atoms with Crippen molar-refractivity contribution in [3.8, 4) is 0 Å². The van der Waals surface area contributed by atoms with Gasteiger partial charge in [0.1, 0.15) is 38.3 Å². The van der Waals surface area contributed by atoms with Gasteiger partial charge in [0.15, 0.2) is 15.4 Å². The maximum atomic E-state index is 11.8. The number of nitrogens with zero attached hydrogens (tertiary/aromatic N) is 4. The Balaban J connectivity index is 0.989. The fourth-order valence-corrected chi connectivity index (χ4v) is 8.64. The van der Waals surface area contributed by atoms with Crippen molar-refractivity contribution in [1.29, 1.82) is 0 Å². The second-order valence-electron chi connectivity index (χ2n) is 12.2. The van der Waals surface area contributed by atoms with Crippen LogP contribution in [0.4, 0.5) is 0 Å². The van der Waals surface area contributed by atoms with Crippen LogP contribution in [-0.2, 0) is 23.2 Å². The molecule has 2 aromatic carbocycles. The fourth-order valence-electron chi connectivity index (χ4n) is 5.98. The van der Waals surface area contributed by atoms with Gasteiger partial charge >= 0.3 is 10.1 Å². The number of benzene rings is 2. The summed E-state index contributed by atoms with van der Waals surface area (Å²) >= 11 is 2.66. The van der Waals surface area contributed by atoms with Gasteiger partial charge < -0.3 is 8.83 Å². The third-order valence-electron chi connectivity index (χ3n) is 8.48. The molecule has 0 atom stereocenters. The Labute approximate surface area is 290 Å². The van der Waals surface area contributed by atoms with Gasteiger partial charge in [0.25, 0.3) is 0 Å². The summed E-state index contributed by atoms with van der Waals surface area (Å²) in [5, 5.41) is 11.8. The van der Waals surface area contributed by atoms with Crippen molar-refractivity contribution < 1.29 is 21.8 Å². The number of thiophene rings is 2. The number of furan rings is 2. The second-order valence-corrected chi connectivity index (χ2v) is 15.8. The summed E-state index contributed by atoms with van der Waals surface area (Å²) in [6.07, 6.45) is 10.8. The highest BCUT2D eigenvalue weighted by Gasteiger charge is 2.24. The normalized spacial score (nSPS) is 12.8. The maximum Gasteiger partial charge on any atom is 0.304 e. The molecule has 49 heavy (non-hydrogen) atoms. The fraction of sp³-hybridized carbons (Fsp3) is 0.189. The van der Waals surface area contributed by atoms with Gasteiger partial charge in [-0.3, -0.25) is 13.9 Å². The van der Waals surface area contributed by atoms with E-state index in [1.54, 1.807) is 11.3 Å². The van der Waals surface area contributed by atoms with Crippen LogP contribution in [-0.4, -0.2) is 32.5 Å². The van der Waals surface area contributed by atoms with Gasteiger partial charge in [0.05, 0.1) is 17.8 Å². The van der Waals surface area contributed by atoms with Crippen LogP contribution in [0.25, 0.3) is 54.9 Å². The predicted molar refractivity (Wildman–Crippen MR) is 197 cm³/mol. The highest BCUT2D eigenvalue weighted by molar-refractivity contribution is 7.88. The SMILES string of the molecule is Cc1ccc(Cn2nc(/C=C/CCC/C=C/c3nn(Cc4ccc(C)cc4)c4c3oc3cc(S(=O)(=O)O)sc34)c3oc4ccsc4c32)cc1. The molecule has 12 heteroatoms. The summed E-state index contributed by atoms with van der Waals surface area (Å²) in [4.78, 5) is 0. The molecule has 248 valence electrons. The number of hydrogen-bond acceptors (Lipinski definition) is 8. The van der Waals surface area contributed by atoms with E-state index >= 15 is 0 Å². The molecular weight excluding hydrogens is 677 g/mol. The Morgan fingerprint density at radius 2 is 1.29 bits per heavy atom. The quantitative estimate of drug-likeness (QED) is 0.105. The van der Waals surface area contributed by atoms with E-state index in [-0.39, 0.29) is 4.21 Å². The Bertz CT molecular complexity index is 2630. The molecule has 8 rings (SSSR count). The first-order valence-electron chi connectivity index (χ1n) is 15.9. The Hall–Kier alpha value is -4.75. The number of unbranched alkanes of at least 4 members (excludes halogenated alkanes) is 2. The van der Waals surface area contributed by atoms with E-state index in [1.165, 1.54) is 17.2 Å². The number of fused-ring (bicyclic) bond motifs is 6. The van der Waals surface area contributed by atoms with Crippen LogP contribution in [0, 0.1) is 13.8 Å². The average Bonchev–Trinajstić information content (AvgIpc) is 3.89. The highest BCUT2D eigenvalue weighted by atomic mass is 32.3. The van der Waals surface area contributed by atoms with Crippen molar-refractivity contribution in [2.24, 2.45) is 0 Å². The number of allylic oxidation sites excluding steroid dienone is 2. The second kappa shape index (κ2) is 12.6. The van der Waals surface area contributed by atoms with Gasteiger partial charge in [-0.1, -0.05) is 71.8 Å². The van der Waals surface area contributed by atoms with Crippen LogP contribution in [0.5, 0.6) is 0 Å². The molecule has 0 aliphatic carbocycles. The van der Waals surface area contributed by atoms with E-state index in [1.807, 2.05) is 33.8 Å². The van der Waals surface area contributed by atoms with Gasteiger partial charge in [-0.25, -0.2) is 0 Å². The smallest absolute Gasteiger partial charge is 0.304 e. The van der Waals surface area contributed by atoms with E-state index < -0.39 is 10.1 Å². The minimum atomic E-state index is -4.34. The molecule has 0 aliphatic heterocycles. The molecule has 0 spiro atoms. The summed E-state index contributed by atoms with van der Waals surface area (Å²) in [5.41, 5.74) is 10.6. The monoisotopic (exact) mass is 708 g/mol. The van der Waals surface area contributed by atoms with Crippen molar-refractivity contribution in [3.05, 3.63) is 112 Å². The van der Waals surface area contributed by atoms with Crippen LogP contribution in [0.1, 0.15) is 52.9 Å². The average molecular weight is 709 g/mol. The zero-order valence-electron chi connectivity index (χ0n) is 26.8. The summed E-state index contributed by atoms with van der Waals surface area (Å²) < 4.78 is 51.1. The van der Waals surface area contributed by atoms with Crippen molar-refractivity contribution in [3.63, 3.8) is 0 Å². The Morgan fingerprint density at radius 3 is 1.84 bits per heavy atom. The number of aromatic nitrogens is 4.